The Morgan fingerprint density at radius 2 is 2.20 bits per heavy atom. The molecule has 0 fully saturated rings. The lowest BCUT2D eigenvalue weighted by Crippen LogP contribution is -2.32. The molecule has 0 amide bonds. The molecular formula is C11H18N2O2. The molecule has 0 spiro atoms. The van der Waals surface area contributed by atoms with Gasteiger partial charge in [-0.05, 0) is 20.8 Å². The van der Waals surface area contributed by atoms with E-state index in [9.17, 15) is 4.79 Å². The Balaban J connectivity index is 4.24. The number of carboxylic acids is 1. The van der Waals surface area contributed by atoms with Crippen molar-refractivity contribution in [3.05, 3.63) is 11.6 Å². The molecular weight excluding hydrogens is 192 g/mol. The van der Waals surface area contributed by atoms with Gasteiger partial charge in [0.25, 0.3) is 0 Å². The van der Waals surface area contributed by atoms with Crippen molar-refractivity contribution in [2.75, 3.05) is 13.1 Å². The van der Waals surface area contributed by atoms with Crippen molar-refractivity contribution >= 4 is 5.97 Å². The van der Waals surface area contributed by atoms with Crippen LogP contribution in [0, 0.1) is 11.3 Å². The maximum Gasteiger partial charge on any atom is 0.330 e. The molecule has 84 valence electrons. The van der Waals surface area contributed by atoms with Gasteiger partial charge < -0.3 is 5.11 Å². The lowest BCUT2D eigenvalue weighted by molar-refractivity contribution is -0.132. The van der Waals surface area contributed by atoms with E-state index in [-0.39, 0.29) is 0 Å². The summed E-state index contributed by atoms with van der Waals surface area (Å²) in [5.41, 5.74) is 0.345. The quantitative estimate of drug-likeness (QED) is 0.677. The molecule has 0 saturated heterocycles. The zero-order valence-electron chi connectivity index (χ0n) is 9.53. The highest BCUT2D eigenvalue weighted by Gasteiger charge is 2.08. The number of hydrogen-bond donors (Lipinski definition) is 1. The van der Waals surface area contributed by atoms with Crippen LogP contribution in [0.15, 0.2) is 11.6 Å². The zero-order valence-corrected chi connectivity index (χ0v) is 9.53. The van der Waals surface area contributed by atoms with E-state index in [2.05, 4.69) is 11.0 Å². The third kappa shape index (κ3) is 5.87. The number of carboxylic acid groups (broad SMARTS) is 1. The molecule has 0 aliphatic carbocycles. The summed E-state index contributed by atoms with van der Waals surface area (Å²) in [6, 6.07) is 2.40. The first kappa shape index (κ1) is 13.7. The molecule has 15 heavy (non-hydrogen) atoms. The van der Waals surface area contributed by atoms with Crippen molar-refractivity contribution in [1.82, 2.24) is 4.90 Å². The average Bonchev–Trinajstić information content (AvgIpc) is 2.16. The summed E-state index contributed by atoms with van der Waals surface area (Å²) in [6.07, 6.45) is 2.15. The van der Waals surface area contributed by atoms with E-state index in [1.54, 1.807) is 13.0 Å². The number of nitrogens with zero attached hydrogens (tertiary/aromatic N) is 2. The molecule has 0 aromatic rings. The molecule has 0 saturated carbocycles. The second-order valence-corrected chi connectivity index (χ2v) is 3.69. The van der Waals surface area contributed by atoms with E-state index in [0.29, 0.717) is 31.1 Å². The van der Waals surface area contributed by atoms with Crippen molar-refractivity contribution in [2.24, 2.45) is 0 Å². The molecule has 0 rings (SSSR count). The predicted molar refractivity (Wildman–Crippen MR) is 58.3 cm³/mol. The van der Waals surface area contributed by atoms with Gasteiger partial charge in [0.1, 0.15) is 0 Å². The maximum atomic E-state index is 10.6. The van der Waals surface area contributed by atoms with Crippen LogP contribution in [-0.4, -0.2) is 35.1 Å². The second-order valence-electron chi connectivity index (χ2n) is 3.69. The van der Waals surface area contributed by atoms with Gasteiger partial charge in [-0.2, -0.15) is 5.26 Å². The molecule has 0 aliphatic rings. The van der Waals surface area contributed by atoms with Gasteiger partial charge in [-0.25, -0.2) is 4.79 Å². The molecule has 1 N–H and O–H groups in total. The van der Waals surface area contributed by atoms with Crippen LogP contribution in [0.5, 0.6) is 0 Å². The Kier molecular flexibility index (Phi) is 6.39. The van der Waals surface area contributed by atoms with Gasteiger partial charge in [0, 0.05) is 31.1 Å². The highest BCUT2D eigenvalue weighted by molar-refractivity contribution is 5.85. The third-order valence-corrected chi connectivity index (χ3v) is 2.21. The molecule has 0 radical (unpaired) electrons. The molecule has 4 nitrogen and oxygen atoms in total. The van der Waals surface area contributed by atoms with Gasteiger partial charge in [-0.3, -0.25) is 4.90 Å². The molecule has 0 bridgehead atoms. The van der Waals surface area contributed by atoms with Crippen molar-refractivity contribution < 1.29 is 9.90 Å². The van der Waals surface area contributed by atoms with Crippen LogP contribution in [0.1, 0.15) is 27.2 Å². The van der Waals surface area contributed by atoms with E-state index in [1.807, 2.05) is 13.8 Å². The number of carbonyl (C=O) groups is 1. The van der Waals surface area contributed by atoms with Crippen LogP contribution in [0.25, 0.3) is 0 Å². The smallest absolute Gasteiger partial charge is 0.330 e. The normalized spacial score (nSPS) is 11.9. The Labute approximate surface area is 90.8 Å². The first-order valence-electron chi connectivity index (χ1n) is 5.00. The van der Waals surface area contributed by atoms with Crippen molar-refractivity contribution in [2.45, 2.75) is 33.2 Å². The minimum Gasteiger partial charge on any atom is -0.478 e. The van der Waals surface area contributed by atoms with E-state index in [4.69, 9.17) is 10.4 Å². The number of rotatable bonds is 6. The summed E-state index contributed by atoms with van der Waals surface area (Å²) >= 11 is 0. The number of aliphatic carboxylic acids is 1. The largest absolute Gasteiger partial charge is 0.478 e. The second kappa shape index (κ2) is 7.02. The van der Waals surface area contributed by atoms with Gasteiger partial charge in [-0.1, -0.05) is 6.08 Å². The highest BCUT2D eigenvalue weighted by Crippen LogP contribution is 2.01. The molecule has 0 aromatic heterocycles. The van der Waals surface area contributed by atoms with Crippen LogP contribution < -0.4 is 0 Å². The Morgan fingerprint density at radius 3 is 2.60 bits per heavy atom. The van der Waals surface area contributed by atoms with Gasteiger partial charge in [0.05, 0.1) is 6.07 Å². The summed E-state index contributed by atoms with van der Waals surface area (Å²) in [5.74, 6) is -0.890. The zero-order chi connectivity index (χ0) is 11.8. The minimum atomic E-state index is -0.890. The minimum absolute atomic E-state index is 0.316. The van der Waals surface area contributed by atoms with E-state index in [0.717, 1.165) is 0 Å². The molecule has 0 atom stereocenters. The van der Waals surface area contributed by atoms with Gasteiger partial charge in [0.15, 0.2) is 0 Å². The van der Waals surface area contributed by atoms with E-state index < -0.39 is 5.97 Å². The van der Waals surface area contributed by atoms with Gasteiger partial charge in [0.2, 0.25) is 0 Å². The van der Waals surface area contributed by atoms with Crippen LogP contribution in [0.2, 0.25) is 0 Å². The SMILES string of the molecule is CC(=CCN(CCC#N)C(C)C)C(=O)O. The molecule has 0 heterocycles. The number of hydrogen-bond acceptors (Lipinski definition) is 3. The topological polar surface area (TPSA) is 64.3 Å². The lowest BCUT2D eigenvalue weighted by Gasteiger charge is -2.23. The van der Waals surface area contributed by atoms with Gasteiger partial charge >= 0.3 is 5.97 Å². The molecule has 0 aliphatic heterocycles. The highest BCUT2D eigenvalue weighted by atomic mass is 16.4. The molecule has 4 heteroatoms. The molecule has 0 unspecified atom stereocenters. The predicted octanol–water partition coefficient (Wildman–Crippen LogP) is 1.64. The first-order chi connectivity index (χ1) is 6.99. The Morgan fingerprint density at radius 1 is 1.60 bits per heavy atom. The standard InChI is InChI=1S/C11H18N2O2/c1-9(2)13(7-4-6-12)8-5-10(3)11(14)15/h5,9H,4,7-8H2,1-3H3,(H,14,15). The third-order valence-electron chi connectivity index (χ3n) is 2.21. The fraction of sp³-hybridized carbons (Fsp3) is 0.636. The fourth-order valence-corrected chi connectivity index (χ4v) is 1.10. The van der Waals surface area contributed by atoms with Crippen molar-refractivity contribution in [1.29, 1.82) is 5.26 Å². The number of nitriles is 1. The summed E-state index contributed by atoms with van der Waals surface area (Å²) < 4.78 is 0. The Hall–Kier alpha value is -1.34. The van der Waals surface area contributed by atoms with Gasteiger partial charge in [-0.15, -0.1) is 0 Å². The van der Waals surface area contributed by atoms with Crippen LogP contribution >= 0.6 is 0 Å². The van der Waals surface area contributed by atoms with E-state index in [1.165, 1.54) is 0 Å². The van der Waals surface area contributed by atoms with Crippen LogP contribution in [0.4, 0.5) is 0 Å². The van der Waals surface area contributed by atoms with Crippen molar-refractivity contribution in [3.8, 4) is 6.07 Å². The maximum absolute atomic E-state index is 10.6. The summed E-state index contributed by atoms with van der Waals surface area (Å²) in [6.45, 7) is 6.89. The van der Waals surface area contributed by atoms with Crippen molar-refractivity contribution in [3.63, 3.8) is 0 Å². The van der Waals surface area contributed by atoms with Crippen LogP contribution in [-0.2, 0) is 4.79 Å². The molecule has 0 aromatic carbocycles. The summed E-state index contributed by atoms with van der Waals surface area (Å²) in [5, 5.41) is 17.1. The average molecular weight is 210 g/mol. The first-order valence-corrected chi connectivity index (χ1v) is 5.00. The Bertz CT molecular complexity index is 277. The lowest BCUT2D eigenvalue weighted by atomic mass is 10.2. The van der Waals surface area contributed by atoms with E-state index >= 15 is 0 Å². The summed E-state index contributed by atoms with van der Waals surface area (Å²) in [4.78, 5) is 12.6. The van der Waals surface area contributed by atoms with Crippen LogP contribution in [0.3, 0.4) is 0 Å². The fourth-order valence-electron chi connectivity index (χ4n) is 1.10. The monoisotopic (exact) mass is 210 g/mol. The summed E-state index contributed by atoms with van der Waals surface area (Å²) in [7, 11) is 0.